The number of carbonyl (C=O) groups excluding carboxylic acids is 1. The Bertz CT molecular complexity index is 739. The maximum atomic E-state index is 12.3. The number of rotatable bonds is 2. The first-order valence-corrected chi connectivity index (χ1v) is 6.72. The zero-order valence-electron chi connectivity index (χ0n) is 11.6. The lowest BCUT2D eigenvalue weighted by molar-refractivity contribution is 0.0917. The summed E-state index contributed by atoms with van der Waals surface area (Å²) in [5.41, 5.74) is 0.936. The van der Waals surface area contributed by atoms with Gasteiger partial charge in [0.05, 0.1) is 12.6 Å². The zero-order valence-corrected chi connectivity index (χ0v) is 11.6. The number of aromatic nitrogens is 2. The Hall–Kier alpha value is -2.63. The summed E-state index contributed by atoms with van der Waals surface area (Å²) < 4.78 is 6.71. The van der Waals surface area contributed by atoms with Crippen molar-refractivity contribution >= 4 is 5.91 Å². The molecule has 0 spiro atoms. The van der Waals surface area contributed by atoms with E-state index in [2.05, 4.69) is 10.4 Å². The van der Waals surface area contributed by atoms with Crippen molar-refractivity contribution in [2.75, 3.05) is 6.61 Å². The van der Waals surface area contributed by atoms with Crippen molar-refractivity contribution in [1.29, 1.82) is 0 Å². The molecule has 1 aromatic carbocycles. The molecule has 0 radical (unpaired) electrons. The van der Waals surface area contributed by atoms with E-state index in [1.165, 1.54) is 19.2 Å². The maximum absolute atomic E-state index is 12.3. The van der Waals surface area contributed by atoms with Gasteiger partial charge < -0.3 is 10.1 Å². The Labute approximate surface area is 121 Å². The molecule has 108 valence electrons. The molecule has 1 aliphatic rings. The second-order valence-corrected chi connectivity index (χ2v) is 4.88. The van der Waals surface area contributed by atoms with Crippen LogP contribution in [0.4, 0.5) is 0 Å². The average molecular weight is 285 g/mol. The van der Waals surface area contributed by atoms with Crippen LogP contribution in [-0.2, 0) is 7.05 Å². The number of carbonyl (C=O) groups is 1. The van der Waals surface area contributed by atoms with Crippen LogP contribution < -0.4 is 15.6 Å². The number of fused-ring (bicyclic) bond motifs is 1. The zero-order chi connectivity index (χ0) is 14.8. The standard InChI is InChI=1S/C15H15N3O3/c1-18-14(19)7-6-12(17-18)15(20)16-11-8-9-21-13-5-3-2-4-10(11)13/h2-7,11H,8-9H2,1H3,(H,16,20)/t11-/m1/s1. The Morgan fingerprint density at radius 1 is 1.33 bits per heavy atom. The molecule has 1 N–H and O–H groups in total. The molecule has 0 unspecified atom stereocenters. The summed E-state index contributed by atoms with van der Waals surface area (Å²) in [6.45, 7) is 0.558. The first-order chi connectivity index (χ1) is 10.1. The fourth-order valence-corrected chi connectivity index (χ4v) is 2.35. The lowest BCUT2D eigenvalue weighted by Crippen LogP contribution is -2.34. The van der Waals surface area contributed by atoms with E-state index in [9.17, 15) is 9.59 Å². The Kier molecular flexibility index (Phi) is 3.43. The fraction of sp³-hybridized carbons (Fsp3) is 0.267. The molecular formula is C15H15N3O3. The van der Waals surface area contributed by atoms with E-state index in [-0.39, 0.29) is 23.2 Å². The average Bonchev–Trinajstić information content (AvgIpc) is 2.50. The molecule has 21 heavy (non-hydrogen) atoms. The van der Waals surface area contributed by atoms with Gasteiger partial charge in [0.25, 0.3) is 11.5 Å². The van der Waals surface area contributed by atoms with E-state index < -0.39 is 0 Å². The van der Waals surface area contributed by atoms with Gasteiger partial charge in [0, 0.05) is 25.1 Å². The van der Waals surface area contributed by atoms with E-state index in [0.717, 1.165) is 16.0 Å². The molecule has 3 rings (SSSR count). The Morgan fingerprint density at radius 2 is 2.14 bits per heavy atom. The molecule has 6 nitrogen and oxygen atoms in total. The third kappa shape index (κ3) is 2.65. The van der Waals surface area contributed by atoms with Crippen LogP contribution in [0.3, 0.4) is 0 Å². The third-order valence-electron chi connectivity index (χ3n) is 3.46. The van der Waals surface area contributed by atoms with Gasteiger partial charge in [0.2, 0.25) is 0 Å². The van der Waals surface area contributed by atoms with Crippen molar-refractivity contribution in [2.24, 2.45) is 7.05 Å². The summed E-state index contributed by atoms with van der Waals surface area (Å²) >= 11 is 0. The molecule has 1 atom stereocenters. The Morgan fingerprint density at radius 3 is 2.95 bits per heavy atom. The molecule has 0 fully saturated rings. The van der Waals surface area contributed by atoms with Gasteiger partial charge in [-0.25, -0.2) is 4.68 Å². The van der Waals surface area contributed by atoms with E-state index in [1.54, 1.807) is 0 Å². The minimum absolute atomic E-state index is 0.110. The number of hydrogen-bond acceptors (Lipinski definition) is 4. The van der Waals surface area contributed by atoms with Crippen LogP contribution in [0.2, 0.25) is 0 Å². The number of nitrogens with zero attached hydrogens (tertiary/aromatic N) is 2. The molecule has 0 saturated carbocycles. The van der Waals surface area contributed by atoms with Crippen LogP contribution in [0.5, 0.6) is 5.75 Å². The second kappa shape index (κ2) is 5.40. The summed E-state index contributed by atoms with van der Waals surface area (Å²) in [6.07, 6.45) is 0.703. The minimum atomic E-state index is -0.299. The number of benzene rings is 1. The van der Waals surface area contributed by atoms with E-state index in [4.69, 9.17) is 4.74 Å². The summed E-state index contributed by atoms with van der Waals surface area (Å²) in [7, 11) is 1.52. The van der Waals surface area contributed by atoms with E-state index >= 15 is 0 Å². The quantitative estimate of drug-likeness (QED) is 0.894. The molecule has 2 heterocycles. The van der Waals surface area contributed by atoms with Gasteiger partial charge in [-0.3, -0.25) is 9.59 Å². The summed E-state index contributed by atoms with van der Waals surface area (Å²) in [5, 5.41) is 6.90. The lowest BCUT2D eigenvalue weighted by atomic mass is 10.0. The summed E-state index contributed by atoms with van der Waals surface area (Å²) in [4.78, 5) is 23.6. The highest BCUT2D eigenvalue weighted by Gasteiger charge is 2.23. The molecule has 1 aromatic heterocycles. The van der Waals surface area contributed by atoms with Crippen LogP contribution in [0.15, 0.2) is 41.2 Å². The minimum Gasteiger partial charge on any atom is -0.493 e. The number of amides is 1. The van der Waals surface area contributed by atoms with Crippen molar-refractivity contribution in [2.45, 2.75) is 12.5 Å². The first kappa shape index (κ1) is 13.4. The van der Waals surface area contributed by atoms with Crippen LogP contribution in [0.1, 0.15) is 28.5 Å². The normalized spacial score (nSPS) is 16.7. The van der Waals surface area contributed by atoms with Gasteiger partial charge >= 0.3 is 0 Å². The highest BCUT2D eigenvalue weighted by atomic mass is 16.5. The van der Waals surface area contributed by atoms with Crippen LogP contribution in [0.25, 0.3) is 0 Å². The topological polar surface area (TPSA) is 73.2 Å². The molecule has 0 saturated heterocycles. The largest absolute Gasteiger partial charge is 0.493 e. The van der Waals surface area contributed by atoms with Gasteiger partial charge in [0.15, 0.2) is 0 Å². The van der Waals surface area contributed by atoms with Crippen molar-refractivity contribution < 1.29 is 9.53 Å². The second-order valence-electron chi connectivity index (χ2n) is 4.88. The molecule has 2 aromatic rings. The molecule has 0 aliphatic carbocycles. The lowest BCUT2D eigenvalue weighted by Gasteiger charge is -2.26. The maximum Gasteiger partial charge on any atom is 0.272 e. The van der Waals surface area contributed by atoms with Crippen molar-refractivity contribution in [1.82, 2.24) is 15.1 Å². The first-order valence-electron chi connectivity index (χ1n) is 6.72. The number of hydrogen-bond donors (Lipinski definition) is 1. The van der Waals surface area contributed by atoms with E-state index in [1.807, 2.05) is 24.3 Å². The summed E-state index contributed by atoms with van der Waals surface area (Å²) in [5.74, 6) is 0.495. The molecule has 6 heteroatoms. The van der Waals surface area contributed by atoms with Crippen LogP contribution in [-0.4, -0.2) is 22.3 Å². The molecular weight excluding hydrogens is 270 g/mol. The van der Waals surface area contributed by atoms with Gasteiger partial charge in [-0.2, -0.15) is 5.10 Å². The van der Waals surface area contributed by atoms with Gasteiger partial charge in [-0.1, -0.05) is 18.2 Å². The van der Waals surface area contributed by atoms with Crippen LogP contribution in [0, 0.1) is 0 Å². The van der Waals surface area contributed by atoms with Crippen molar-refractivity contribution in [3.8, 4) is 5.75 Å². The monoisotopic (exact) mass is 285 g/mol. The van der Waals surface area contributed by atoms with Crippen LogP contribution >= 0.6 is 0 Å². The van der Waals surface area contributed by atoms with Gasteiger partial charge in [-0.05, 0) is 12.1 Å². The number of aryl methyl sites for hydroxylation is 1. The summed E-state index contributed by atoms with van der Waals surface area (Å²) in [6, 6.07) is 10.3. The smallest absolute Gasteiger partial charge is 0.272 e. The SMILES string of the molecule is Cn1nc(C(=O)N[C@@H]2CCOc3ccccc32)ccc1=O. The number of nitrogens with one attached hydrogen (secondary N) is 1. The molecule has 0 bridgehead atoms. The number of para-hydroxylation sites is 1. The van der Waals surface area contributed by atoms with Crippen molar-refractivity contribution in [3.63, 3.8) is 0 Å². The van der Waals surface area contributed by atoms with Gasteiger partial charge in [-0.15, -0.1) is 0 Å². The number of ether oxygens (including phenoxy) is 1. The van der Waals surface area contributed by atoms with Gasteiger partial charge in [0.1, 0.15) is 11.4 Å². The fourth-order valence-electron chi connectivity index (χ4n) is 2.35. The van der Waals surface area contributed by atoms with E-state index in [0.29, 0.717) is 13.0 Å². The Balaban J connectivity index is 1.82. The van der Waals surface area contributed by atoms with Crippen molar-refractivity contribution in [3.05, 3.63) is 58.0 Å². The molecule has 1 aliphatic heterocycles. The predicted molar refractivity (Wildman–Crippen MR) is 76.2 cm³/mol. The highest BCUT2D eigenvalue weighted by molar-refractivity contribution is 5.92. The highest BCUT2D eigenvalue weighted by Crippen LogP contribution is 2.31. The third-order valence-corrected chi connectivity index (χ3v) is 3.46. The molecule has 1 amide bonds. The predicted octanol–water partition coefficient (Wildman–Crippen LogP) is 1.03.